The Bertz CT molecular complexity index is 1500. The van der Waals surface area contributed by atoms with Crippen LogP contribution in [0.2, 0.25) is 6.82 Å². The second kappa shape index (κ2) is 22.9. The highest BCUT2D eigenvalue weighted by atomic mass is 35.5. The molecule has 0 atom stereocenters. The lowest BCUT2D eigenvalue weighted by atomic mass is 10.2. The molecule has 3 aromatic carbocycles. The van der Waals surface area contributed by atoms with Crippen LogP contribution in [0.25, 0.3) is 21.3 Å². The van der Waals surface area contributed by atoms with Gasteiger partial charge in [0.15, 0.2) is 0 Å². The maximum Gasteiger partial charge on any atom is 0.307 e. The lowest BCUT2D eigenvalue weighted by molar-refractivity contribution is 0.415. The van der Waals surface area contributed by atoms with Gasteiger partial charge in [-0.3, -0.25) is 4.79 Å². The second-order valence-corrected chi connectivity index (χ2v) is 8.33. The molecule has 0 saturated heterocycles. The number of imidazole rings is 1. The van der Waals surface area contributed by atoms with Crippen LogP contribution >= 0.6 is 22.9 Å². The molecule has 0 unspecified atom stereocenters. The van der Waals surface area contributed by atoms with Crippen molar-refractivity contribution in [2.24, 2.45) is 21.1 Å². The van der Waals surface area contributed by atoms with E-state index in [0.29, 0.717) is 0 Å². The smallest absolute Gasteiger partial charge is 0.307 e. The van der Waals surface area contributed by atoms with Gasteiger partial charge in [0.2, 0.25) is 0 Å². The minimum absolute atomic E-state index is 0.103. The molecule has 2 radical (unpaired) electrons. The first-order chi connectivity index (χ1) is 20.0. The van der Waals surface area contributed by atoms with Crippen molar-refractivity contribution in [2.75, 3.05) is 13.5 Å². The Morgan fingerprint density at radius 2 is 1.39 bits per heavy atom. The minimum Gasteiger partial charge on any atom is -0.497 e. The van der Waals surface area contributed by atoms with E-state index in [9.17, 15) is 4.79 Å². The summed E-state index contributed by atoms with van der Waals surface area (Å²) in [4.78, 5) is 15.0. The summed E-state index contributed by atoms with van der Waals surface area (Å²) in [5.41, 5.74) is 3.04. The van der Waals surface area contributed by atoms with Gasteiger partial charge in [0, 0.05) is 39.9 Å². The zero-order valence-corrected chi connectivity index (χ0v) is 26.7. The van der Waals surface area contributed by atoms with Crippen molar-refractivity contribution in [2.45, 2.75) is 20.7 Å². The molecule has 0 aliphatic heterocycles. The Kier molecular flexibility index (Phi) is 20.7. The number of hydrogen-bond acceptors (Lipinski definition) is 6. The number of alkyl halides is 1. The van der Waals surface area contributed by atoms with Crippen molar-refractivity contribution in [3.63, 3.8) is 0 Å². The summed E-state index contributed by atoms with van der Waals surface area (Å²) in [6.45, 7) is 5.50. The quantitative estimate of drug-likeness (QED) is 0.155. The Balaban J connectivity index is 0.000000498. The fraction of sp³-hybridized carbons (Fsp3) is 0.267. The van der Waals surface area contributed by atoms with Gasteiger partial charge in [-0.2, -0.15) is 0 Å². The Morgan fingerprint density at radius 3 is 1.85 bits per heavy atom. The molecule has 11 heteroatoms. The number of para-hydroxylation sites is 3. The number of benzene rings is 3. The Hall–Kier alpha value is -3.89. The number of ether oxygens (including phenoxy) is 1. The van der Waals surface area contributed by atoms with Crippen LogP contribution in [0.1, 0.15) is 13.8 Å². The van der Waals surface area contributed by atoms with Crippen LogP contribution in [0.15, 0.2) is 102 Å². The molecular formula is C30H40BClN6O2S. The average molecular weight is 595 g/mol. The SMILES string of the molecule is CC.CCl.COc1ccccc1.Cn1c(=O)sc2ccccc21.Cn1ccnc1.Cn1nnc2ccccc21.[B]C. The van der Waals surface area contributed by atoms with E-state index < -0.39 is 0 Å². The molecule has 6 rings (SSSR count). The molecule has 0 aliphatic rings. The molecule has 0 spiro atoms. The number of thiazole rings is 1. The number of aryl methyl sites for hydroxylation is 3. The van der Waals surface area contributed by atoms with Gasteiger partial charge < -0.3 is 13.9 Å². The molecule has 6 aromatic rings. The van der Waals surface area contributed by atoms with Crippen molar-refractivity contribution in [3.05, 3.63) is 107 Å². The van der Waals surface area contributed by atoms with Crippen LogP contribution in [0.3, 0.4) is 0 Å². The normalized spacial score (nSPS) is 8.80. The first kappa shape index (κ1) is 37.1. The maximum absolute atomic E-state index is 11.1. The highest BCUT2D eigenvalue weighted by Gasteiger charge is 2.00. The van der Waals surface area contributed by atoms with Crippen molar-refractivity contribution < 1.29 is 4.74 Å². The van der Waals surface area contributed by atoms with E-state index in [1.807, 2.05) is 118 Å². The molecule has 0 saturated carbocycles. The predicted molar refractivity (Wildman–Crippen MR) is 177 cm³/mol. The van der Waals surface area contributed by atoms with E-state index in [1.165, 1.54) is 24.5 Å². The Labute approximate surface area is 253 Å². The lowest BCUT2D eigenvalue weighted by Crippen LogP contribution is -2.06. The molecule has 0 aliphatic carbocycles. The molecule has 3 aromatic heterocycles. The highest BCUT2D eigenvalue weighted by molar-refractivity contribution is 7.16. The number of methoxy groups -OCH3 is 1. The summed E-state index contributed by atoms with van der Waals surface area (Å²) >= 11 is 5.93. The molecule has 0 bridgehead atoms. The first-order valence-corrected chi connectivity index (χ1v) is 14.3. The van der Waals surface area contributed by atoms with Crippen molar-refractivity contribution in [1.82, 2.24) is 29.1 Å². The number of halogens is 1. The largest absolute Gasteiger partial charge is 0.497 e. The Morgan fingerprint density at radius 1 is 0.829 bits per heavy atom. The standard InChI is InChI=1S/C8H7NOS.C7H7N3.C7H8O.C4H6N2.C2H6.CH3B.CH3Cl/c1-9-6-4-2-3-5-7(6)11-8(9)10;1-10-7-5-3-2-4-6(7)8-9-10;1-8-7-5-3-2-4-6-7;1-6-3-2-5-4-6;3*1-2/h2-5H,1H3;2-5H,1H3;2-6H,1H3;2-4H,1H3;1-2H3;2*1H3. The van der Waals surface area contributed by atoms with Gasteiger partial charge in [-0.25, -0.2) is 9.67 Å². The van der Waals surface area contributed by atoms with E-state index in [-0.39, 0.29) is 4.87 Å². The van der Waals surface area contributed by atoms with Gasteiger partial charge in [0.25, 0.3) is 0 Å². The maximum atomic E-state index is 11.1. The van der Waals surface area contributed by atoms with Gasteiger partial charge in [-0.15, -0.1) is 16.7 Å². The molecule has 0 amide bonds. The van der Waals surface area contributed by atoms with Crippen LogP contribution in [0.4, 0.5) is 0 Å². The van der Waals surface area contributed by atoms with Gasteiger partial charge in [0.1, 0.15) is 11.3 Å². The number of hydrogen-bond donors (Lipinski definition) is 0. The fourth-order valence-corrected chi connectivity index (χ4v) is 3.83. The van der Waals surface area contributed by atoms with Crippen molar-refractivity contribution >= 4 is 52.0 Å². The van der Waals surface area contributed by atoms with Gasteiger partial charge in [-0.05, 0) is 36.4 Å². The molecular weight excluding hydrogens is 555 g/mol. The molecule has 218 valence electrons. The molecule has 0 fully saturated rings. The topological polar surface area (TPSA) is 79.8 Å². The van der Waals surface area contributed by atoms with Crippen LogP contribution in [-0.4, -0.2) is 50.5 Å². The van der Waals surface area contributed by atoms with Gasteiger partial charge in [-0.1, -0.05) is 79.7 Å². The van der Waals surface area contributed by atoms with E-state index in [0.717, 1.165) is 27.0 Å². The number of aromatic nitrogens is 6. The predicted octanol–water partition coefficient (Wildman–Crippen LogP) is 6.77. The van der Waals surface area contributed by atoms with Crippen molar-refractivity contribution in [3.8, 4) is 5.75 Å². The summed E-state index contributed by atoms with van der Waals surface area (Å²) in [5.74, 6) is 0.910. The van der Waals surface area contributed by atoms with E-state index in [2.05, 4.69) is 34.7 Å². The van der Waals surface area contributed by atoms with E-state index in [1.54, 1.807) is 35.9 Å². The second-order valence-electron chi connectivity index (χ2n) is 7.34. The molecule has 0 N–H and O–H groups in total. The molecule has 41 heavy (non-hydrogen) atoms. The van der Waals surface area contributed by atoms with Crippen LogP contribution in [0.5, 0.6) is 5.75 Å². The summed E-state index contributed by atoms with van der Waals surface area (Å²) in [7, 11) is 11.8. The summed E-state index contributed by atoms with van der Waals surface area (Å²) < 4.78 is 11.3. The third-order valence-electron chi connectivity index (χ3n) is 4.83. The number of fused-ring (bicyclic) bond motifs is 2. The number of nitrogens with zero attached hydrogens (tertiary/aromatic N) is 6. The third kappa shape index (κ3) is 13.3. The third-order valence-corrected chi connectivity index (χ3v) is 5.84. The average Bonchev–Trinajstić information content (AvgIpc) is 3.77. The van der Waals surface area contributed by atoms with E-state index >= 15 is 0 Å². The summed E-state index contributed by atoms with van der Waals surface area (Å²) in [6.07, 6.45) is 6.86. The number of rotatable bonds is 1. The van der Waals surface area contributed by atoms with Gasteiger partial charge >= 0.3 is 4.87 Å². The van der Waals surface area contributed by atoms with Crippen LogP contribution in [-0.2, 0) is 21.1 Å². The first-order valence-electron chi connectivity index (χ1n) is 12.7. The minimum atomic E-state index is 0.103. The van der Waals surface area contributed by atoms with Crippen LogP contribution in [0, 0.1) is 0 Å². The van der Waals surface area contributed by atoms with Crippen molar-refractivity contribution in [1.29, 1.82) is 0 Å². The monoisotopic (exact) mass is 594 g/mol. The lowest BCUT2D eigenvalue weighted by Gasteiger charge is -1.93. The fourth-order valence-electron chi connectivity index (χ4n) is 2.95. The summed E-state index contributed by atoms with van der Waals surface area (Å²) in [6, 6.07) is 25.3. The highest BCUT2D eigenvalue weighted by Crippen LogP contribution is 2.14. The van der Waals surface area contributed by atoms with Crippen LogP contribution < -0.4 is 9.61 Å². The van der Waals surface area contributed by atoms with Gasteiger partial charge in [0.05, 0.1) is 37.0 Å². The zero-order valence-electron chi connectivity index (χ0n) is 25.1. The zero-order chi connectivity index (χ0) is 31.0. The molecule has 8 nitrogen and oxygen atoms in total. The molecule has 3 heterocycles. The summed E-state index contributed by atoms with van der Waals surface area (Å²) in [5, 5.41) is 7.79. The van der Waals surface area contributed by atoms with E-state index in [4.69, 9.17) is 4.74 Å².